The molecule has 0 spiro atoms. The summed E-state index contributed by atoms with van der Waals surface area (Å²) >= 11 is 7.92. The lowest BCUT2D eigenvalue weighted by Gasteiger charge is -2.05. The largest absolute Gasteiger partial charge is 0.332 e. The summed E-state index contributed by atoms with van der Waals surface area (Å²) < 4.78 is 2.03. The van der Waals surface area contributed by atoms with Gasteiger partial charge >= 0.3 is 0 Å². The van der Waals surface area contributed by atoms with Crippen molar-refractivity contribution in [3.63, 3.8) is 0 Å². The van der Waals surface area contributed by atoms with E-state index in [9.17, 15) is 9.59 Å². The molecule has 2 amide bonds. The van der Waals surface area contributed by atoms with E-state index in [1.807, 2.05) is 22.9 Å². The smallest absolute Gasteiger partial charge is 0.272 e. The van der Waals surface area contributed by atoms with Crippen LogP contribution in [0.2, 0.25) is 0 Å². The highest BCUT2D eigenvalue weighted by atomic mass is 35.5. The van der Waals surface area contributed by atoms with E-state index in [1.54, 1.807) is 17.5 Å². The van der Waals surface area contributed by atoms with Crippen molar-refractivity contribution in [3.8, 4) is 0 Å². The molecule has 0 unspecified atom stereocenters. The zero-order valence-corrected chi connectivity index (χ0v) is 15.7. The Kier molecular flexibility index (Phi) is 4.38. The minimum Gasteiger partial charge on any atom is -0.332 e. The Morgan fingerprint density at radius 2 is 2.04 bits per heavy atom. The second-order valence-electron chi connectivity index (χ2n) is 6.15. The molecule has 132 valence electrons. The number of thiophene rings is 1. The zero-order valence-electron chi connectivity index (χ0n) is 14.1. The number of pyridine rings is 1. The predicted octanol–water partition coefficient (Wildman–Crippen LogP) is 3.68. The fourth-order valence-corrected chi connectivity index (χ4v) is 4.27. The van der Waals surface area contributed by atoms with Crippen LogP contribution in [-0.2, 0) is 22.6 Å². The molecule has 0 saturated heterocycles. The first-order chi connectivity index (χ1) is 12.6. The molecule has 0 aromatic carbocycles. The van der Waals surface area contributed by atoms with E-state index < -0.39 is 5.91 Å². The average Bonchev–Trinajstić information content (AvgIpc) is 3.33. The number of carbonyl (C=O) groups is 2. The van der Waals surface area contributed by atoms with Gasteiger partial charge in [0.25, 0.3) is 11.8 Å². The van der Waals surface area contributed by atoms with Crippen molar-refractivity contribution in [1.82, 2.24) is 14.5 Å². The van der Waals surface area contributed by atoms with Crippen LogP contribution in [-0.4, -0.2) is 33.3 Å². The first-order valence-electron chi connectivity index (χ1n) is 8.26. The molecule has 4 rings (SSSR count). The molecule has 0 bridgehead atoms. The molecule has 5 nitrogen and oxygen atoms in total. The van der Waals surface area contributed by atoms with Crippen molar-refractivity contribution in [3.05, 3.63) is 57.5 Å². The summed E-state index contributed by atoms with van der Waals surface area (Å²) in [5, 5.41) is 2.88. The van der Waals surface area contributed by atoms with E-state index >= 15 is 0 Å². The van der Waals surface area contributed by atoms with Gasteiger partial charge in [0.15, 0.2) is 0 Å². The molecule has 0 saturated carbocycles. The van der Waals surface area contributed by atoms with E-state index in [1.165, 1.54) is 11.9 Å². The van der Waals surface area contributed by atoms with Crippen LogP contribution in [0.5, 0.6) is 0 Å². The van der Waals surface area contributed by atoms with Crippen LogP contribution >= 0.6 is 22.9 Å². The summed E-state index contributed by atoms with van der Waals surface area (Å²) in [6.07, 6.45) is 5.56. The molecule has 0 radical (unpaired) electrons. The van der Waals surface area contributed by atoms with Crippen molar-refractivity contribution < 1.29 is 9.59 Å². The van der Waals surface area contributed by atoms with Crippen molar-refractivity contribution >= 4 is 51.4 Å². The molecule has 7 heteroatoms. The number of nitrogens with zero attached hydrogens (tertiary/aromatic N) is 3. The van der Waals surface area contributed by atoms with Gasteiger partial charge in [-0.1, -0.05) is 17.7 Å². The lowest BCUT2D eigenvalue weighted by Crippen LogP contribution is -2.26. The number of hydrogen-bond acceptors (Lipinski definition) is 4. The minimum atomic E-state index is -0.464. The lowest BCUT2D eigenvalue weighted by molar-refractivity contribution is -0.134. The van der Waals surface area contributed by atoms with Crippen molar-refractivity contribution in [1.29, 1.82) is 0 Å². The highest BCUT2D eigenvalue weighted by molar-refractivity contribution is 7.09. The third-order valence-electron chi connectivity index (χ3n) is 4.54. The number of imide groups is 1. The first kappa shape index (κ1) is 17.0. The molecule has 1 aliphatic rings. The number of amides is 2. The highest BCUT2D eigenvalue weighted by Crippen LogP contribution is 2.35. The van der Waals surface area contributed by atoms with Crippen LogP contribution in [0.3, 0.4) is 0 Å². The quantitative estimate of drug-likeness (QED) is 0.629. The predicted molar refractivity (Wildman–Crippen MR) is 103 cm³/mol. The summed E-state index contributed by atoms with van der Waals surface area (Å²) in [5.41, 5.74) is 1.71. The fourth-order valence-electron chi connectivity index (χ4n) is 3.21. The summed E-state index contributed by atoms with van der Waals surface area (Å²) in [4.78, 5) is 31.4. The van der Waals surface area contributed by atoms with Crippen molar-refractivity contribution in [2.45, 2.75) is 19.4 Å². The third-order valence-corrected chi connectivity index (χ3v) is 5.82. The van der Waals surface area contributed by atoms with Crippen LogP contribution in [0.25, 0.3) is 16.6 Å². The van der Waals surface area contributed by atoms with Gasteiger partial charge in [-0.05, 0) is 36.4 Å². The average molecular weight is 386 g/mol. The fraction of sp³-hybridized carbons (Fsp3) is 0.211. The van der Waals surface area contributed by atoms with Crippen LogP contribution < -0.4 is 0 Å². The van der Waals surface area contributed by atoms with Gasteiger partial charge in [-0.25, -0.2) is 4.98 Å². The highest BCUT2D eigenvalue weighted by Gasteiger charge is 2.37. The maximum atomic E-state index is 12.5. The number of fused-ring (bicyclic) bond motifs is 1. The molecule has 4 heterocycles. The molecule has 3 aromatic rings. The first-order valence-corrected chi connectivity index (χ1v) is 9.52. The summed E-state index contributed by atoms with van der Waals surface area (Å²) in [5.74, 6) is -0.837. The Morgan fingerprint density at radius 1 is 1.19 bits per heavy atom. The second-order valence-corrected chi connectivity index (χ2v) is 7.56. The summed E-state index contributed by atoms with van der Waals surface area (Å²) in [7, 11) is 1.44. The third kappa shape index (κ3) is 2.75. The van der Waals surface area contributed by atoms with Gasteiger partial charge in [-0.2, -0.15) is 0 Å². The molecular weight excluding hydrogens is 370 g/mol. The number of aromatic nitrogens is 2. The van der Waals surface area contributed by atoms with E-state index in [4.69, 9.17) is 11.6 Å². The van der Waals surface area contributed by atoms with Crippen molar-refractivity contribution in [2.24, 2.45) is 0 Å². The van der Waals surface area contributed by atoms with Gasteiger partial charge < -0.3 is 4.57 Å². The summed E-state index contributed by atoms with van der Waals surface area (Å²) in [6.45, 7) is 0.772. The van der Waals surface area contributed by atoms with Crippen LogP contribution in [0, 0.1) is 0 Å². The number of aryl methyl sites for hydroxylation is 2. The van der Waals surface area contributed by atoms with Gasteiger partial charge in [0.1, 0.15) is 10.7 Å². The molecule has 3 aromatic heterocycles. The van der Waals surface area contributed by atoms with Gasteiger partial charge in [-0.3, -0.25) is 14.5 Å². The van der Waals surface area contributed by atoms with Crippen LogP contribution in [0.15, 0.2) is 47.1 Å². The Balaban J connectivity index is 1.71. The van der Waals surface area contributed by atoms with Crippen LogP contribution in [0.1, 0.15) is 16.9 Å². The lowest BCUT2D eigenvalue weighted by atomic mass is 10.1. The molecular formula is C19H16ClN3O2S. The molecule has 26 heavy (non-hydrogen) atoms. The SMILES string of the molecule is CN1C(=O)C(Cl)=C(c2cn(CCCc3cccs3)c3ncccc23)C1=O. The Morgan fingerprint density at radius 3 is 2.73 bits per heavy atom. The zero-order chi connectivity index (χ0) is 18.3. The van der Waals surface area contributed by atoms with E-state index in [0.717, 1.165) is 35.3 Å². The maximum Gasteiger partial charge on any atom is 0.272 e. The Bertz CT molecular complexity index is 1040. The van der Waals surface area contributed by atoms with Gasteiger partial charge in [0, 0.05) is 41.8 Å². The molecule has 0 atom stereocenters. The maximum absolute atomic E-state index is 12.5. The molecule has 0 fully saturated rings. The normalized spacial score (nSPS) is 14.9. The number of halogens is 1. The second kappa shape index (κ2) is 6.70. The van der Waals surface area contributed by atoms with Crippen LogP contribution in [0.4, 0.5) is 0 Å². The minimum absolute atomic E-state index is 0.0287. The number of carbonyl (C=O) groups excluding carboxylic acids is 2. The molecule has 0 N–H and O–H groups in total. The van der Waals surface area contributed by atoms with Crippen molar-refractivity contribution in [2.75, 3.05) is 7.05 Å². The Labute approximate surface area is 159 Å². The standard InChI is InChI=1S/C19H16ClN3O2S/c1-22-18(24)15(16(20)19(22)25)14-11-23(17-13(14)7-2-8-21-17)9-3-5-12-6-4-10-26-12/h2,4,6-8,10-11H,3,5,9H2,1H3. The van der Waals surface area contributed by atoms with Gasteiger partial charge in [-0.15, -0.1) is 11.3 Å². The number of likely N-dealkylation sites (N-methyl/N-ethyl adjacent to an activating group) is 1. The van der Waals surface area contributed by atoms with E-state index in [2.05, 4.69) is 22.5 Å². The number of rotatable bonds is 5. The van der Waals surface area contributed by atoms with Gasteiger partial charge in [0.2, 0.25) is 0 Å². The van der Waals surface area contributed by atoms with E-state index in [0.29, 0.717) is 5.56 Å². The monoisotopic (exact) mass is 385 g/mol. The Hall–Kier alpha value is -2.44. The molecule has 0 aliphatic carbocycles. The number of hydrogen-bond donors (Lipinski definition) is 0. The van der Waals surface area contributed by atoms with E-state index in [-0.39, 0.29) is 16.5 Å². The topological polar surface area (TPSA) is 55.2 Å². The molecule has 1 aliphatic heterocycles. The van der Waals surface area contributed by atoms with Gasteiger partial charge in [0.05, 0.1) is 5.57 Å². The summed E-state index contributed by atoms with van der Waals surface area (Å²) in [6, 6.07) is 7.91.